The van der Waals surface area contributed by atoms with Crippen LogP contribution in [-0.4, -0.2) is 84.9 Å². The van der Waals surface area contributed by atoms with Crippen LogP contribution in [0, 0.1) is 0 Å². The second-order valence-corrected chi connectivity index (χ2v) is 8.85. The molecule has 37 heavy (non-hydrogen) atoms. The molecule has 3 aromatic rings. The van der Waals surface area contributed by atoms with Crippen molar-refractivity contribution in [2.75, 3.05) is 64.1 Å². The normalized spacial score (nSPS) is 18.1. The summed E-state index contributed by atoms with van der Waals surface area (Å²) in [4.78, 5) is 29.2. The summed E-state index contributed by atoms with van der Waals surface area (Å²) in [5.74, 6) is -0.652. The minimum Gasteiger partial charge on any atom is -0.379 e. The number of nitrogens with zero attached hydrogens (tertiary/aromatic N) is 5. The summed E-state index contributed by atoms with van der Waals surface area (Å²) in [6, 6.07) is 8.78. The van der Waals surface area contributed by atoms with Crippen molar-refractivity contribution >= 4 is 22.6 Å². The van der Waals surface area contributed by atoms with Gasteiger partial charge in [-0.05, 0) is 24.3 Å². The number of fused-ring (bicyclic) bond motifs is 1. The van der Waals surface area contributed by atoms with Crippen LogP contribution in [0.15, 0.2) is 42.7 Å². The van der Waals surface area contributed by atoms with E-state index in [1.165, 1.54) is 12.4 Å². The van der Waals surface area contributed by atoms with Crippen molar-refractivity contribution in [3.05, 3.63) is 59.7 Å². The number of halogens is 3. The quantitative estimate of drug-likeness (QED) is 0.535. The van der Waals surface area contributed by atoms with Crippen LogP contribution in [0.3, 0.4) is 0 Å². The Bertz CT molecular complexity index is 1230. The number of anilines is 1. The smallest absolute Gasteiger partial charge is 0.379 e. The number of ether oxygens (including phenoxy) is 2. The SMILES string of the molecule is O=C(NCC(c1cnc(C(F)(F)F)nc1)N1CCOCC1)c1cccc2nc(N3CCOCC3)ccc12. The summed E-state index contributed by atoms with van der Waals surface area (Å²) in [5, 5.41) is 3.68. The minimum absolute atomic E-state index is 0.170. The molecule has 2 saturated heterocycles. The first kappa shape index (κ1) is 25.3. The van der Waals surface area contributed by atoms with Crippen molar-refractivity contribution in [3.8, 4) is 0 Å². The van der Waals surface area contributed by atoms with E-state index in [1.807, 2.05) is 18.2 Å². The average molecular weight is 517 g/mol. The first-order valence-electron chi connectivity index (χ1n) is 12.1. The van der Waals surface area contributed by atoms with Crippen molar-refractivity contribution in [3.63, 3.8) is 0 Å². The summed E-state index contributed by atoms with van der Waals surface area (Å²) in [5.41, 5.74) is 1.67. The molecule has 2 fully saturated rings. The molecule has 12 heteroatoms. The van der Waals surface area contributed by atoms with Crippen LogP contribution in [0.2, 0.25) is 0 Å². The fraction of sp³-hybridized carbons (Fsp3) is 0.440. The largest absolute Gasteiger partial charge is 0.451 e. The number of nitrogens with one attached hydrogen (secondary N) is 1. The van der Waals surface area contributed by atoms with E-state index in [1.54, 1.807) is 12.1 Å². The summed E-state index contributed by atoms with van der Waals surface area (Å²) < 4.78 is 49.7. The highest BCUT2D eigenvalue weighted by Gasteiger charge is 2.35. The molecule has 1 amide bonds. The van der Waals surface area contributed by atoms with Gasteiger partial charge in [0, 0.05) is 61.6 Å². The summed E-state index contributed by atoms with van der Waals surface area (Å²) in [6.07, 6.45) is -2.26. The van der Waals surface area contributed by atoms with Gasteiger partial charge in [-0.2, -0.15) is 13.2 Å². The topological polar surface area (TPSA) is 92.7 Å². The Labute approximate surface area is 211 Å². The van der Waals surface area contributed by atoms with Crippen molar-refractivity contribution < 1.29 is 27.4 Å². The number of alkyl halides is 3. The molecule has 1 atom stereocenters. The maximum Gasteiger partial charge on any atom is 0.451 e. The lowest BCUT2D eigenvalue weighted by Gasteiger charge is -2.34. The van der Waals surface area contributed by atoms with Gasteiger partial charge in [0.1, 0.15) is 5.82 Å². The molecule has 0 aliphatic carbocycles. The molecule has 2 aliphatic rings. The first-order chi connectivity index (χ1) is 17.9. The highest BCUT2D eigenvalue weighted by molar-refractivity contribution is 6.06. The van der Waals surface area contributed by atoms with Gasteiger partial charge >= 0.3 is 6.18 Å². The number of hydrogen-bond donors (Lipinski definition) is 1. The van der Waals surface area contributed by atoms with E-state index in [9.17, 15) is 18.0 Å². The molecule has 2 aromatic heterocycles. The maximum atomic E-state index is 13.3. The Hall–Kier alpha value is -3.35. The number of carbonyl (C=O) groups is 1. The van der Waals surface area contributed by atoms with E-state index >= 15 is 0 Å². The van der Waals surface area contributed by atoms with E-state index < -0.39 is 18.0 Å². The molecule has 9 nitrogen and oxygen atoms in total. The summed E-state index contributed by atoms with van der Waals surface area (Å²) in [7, 11) is 0. The summed E-state index contributed by atoms with van der Waals surface area (Å²) in [6.45, 7) is 5.12. The Morgan fingerprint density at radius 2 is 1.65 bits per heavy atom. The van der Waals surface area contributed by atoms with E-state index in [4.69, 9.17) is 14.5 Å². The molecule has 1 N–H and O–H groups in total. The Balaban J connectivity index is 1.34. The van der Waals surface area contributed by atoms with Gasteiger partial charge in [0.15, 0.2) is 0 Å². The number of morpholine rings is 2. The van der Waals surface area contributed by atoms with Crippen LogP contribution < -0.4 is 10.2 Å². The number of benzene rings is 1. The number of rotatable bonds is 6. The molecule has 5 rings (SSSR count). The molecule has 1 aromatic carbocycles. The first-order valence-corrected chi connectivity index (χ1v) is 12.1. The molecule has 196 valence electrons. The summed E-state index contributed by atoms with van der Waals surface area (Å²) >= 11 is 0. The monoisotopic (exact) mass is 516 g/mol. The number of amides is 1. The van der Waals surface area contributed by atoms with Gasteiger partial charge in [-0.15, -0.1) is 0 Å². The second kappa shape index (κ2) is 11.0. The fourth-order valence-electron chi connectivity index (χ4n) is 4.60. The third kappa shape index (κ3) is 5.81. The predicted molar refractivity (Wildman–Crippen MR) is 129 cm³/mol. The lowest BCUT2D eigenvalue weighted by Crippen LogP contribution is -2.44. The lowest BCUT2D eigenvalue weighted by molar-refractivity contribution is -0.145. The molecule has 4 heterocycles. The Morgan fingerprint density at radius 3 is 2.32 bits per heavy atom. The standard InChI is InChI=1S/C25H27F3N6O3/c26-25(27,28)24-30-14-17(15-31-24)21(33-6-10-36-11-7-33)16-29-23(35)19-2-1-3-20-18(19)4-5-22(32-20)34-8-12-37-13-9-34/h1-5,14-15,21H,6-13,16H2,(H,29,35). The Kier molecular flexibility index (Phi) is 7.49. The zero-order valence-corrected chi connectivity index (χ0v) is 20.1. The average Bonchev–Trinajstić information content (AvgIpc) is 2.93. The number of aromatic nitrogens is 3. The second-order valence-electron chi connectivity index (χ2n) is 8.85. The van der Waals surface area contributed by atoms with Crippen LogP contribution in [0.25, 0.3) is 10.9 Å². The fourth-order valence-corrected chi connectivity index (χ4v) is 4.60. The number of pyridine rings is 1. The van der Waals surface area contributed by atoms with E-state index in [-0.39, 0.29) is 12.5 Å². The molecule has 0 spiro atoms. The number of hydrogen-bond acceptors (Lipinski definition) is 8. The van der Waals surface area contributed by atoms with Crippen molar-refractivity contribution in [2.24, 2.45) is 0 Å². The molecule has 1 unspecified atom stereocenters. The predicted octanol–water partition coefficient (Wildman–Crippen LogP) is 2.68. The molecule has 0 bridgehead atoms. The van der Waals surface area contributed by atoms with Crippen molar-refractivity contribution in [1.29, 1.82) is 0 Å². The van der Waals surface area contributed by atoms with Crippen molar-refractivity contribution in [1.82, 2.24) is 25.2 Å². The number of carbonyl (C=O) groups excluding carboxylic acids is 1. The molecule has 0 radical (unpaired) electrons. The minimum atomic E-state index is -4.62. The van der Waals surface area contributed by atoms with Gasteiger partial charge in [-0.25, -0.2) is 15.0 Å². The van der Waals surface area contributed by atoms with Gasteiger partial charge in [0.25, 0.3) is 5.91 Å². The molecule has 0 saturated carbocycles. The van der Waals surface area contributed by atoms with Crippen LogP contribution in [0.4, 0.5) is 19.0 Å². The lowest BCUT2D eigenvalue weighted by atomic mass is 10.1. The third-order valence-electron chi connectivity index (χ3n) is 6.55. The zero-order chi connectivity index (χ0) is 25.8. The van der Waals surface area contributed by atoms with Gasteiger partial charge in [-0.1, -0.05) is 6.07 Å². The Morgan fingerprint density at radius 1 is 0.973 bits per heavy atom. The van der Waals surface area contributed by atoms with Crippen LogP contribution in [-0.2, 0) is 15.7 Å². The van der Waals surface area contributed by atoms with Gasteiger partial charge < -0.3 is 19.7 Å². The van der Waals surface area contributed by atoms with Crippen molar-refractivity contribution in [2.45, 2.75) is 12.2 Å². The van der Waals surface area contributed by atoms with Gasteiger partial charge in [-0.3, -0.25) is 9.69 Å². The zero-order valence-electron chi connectivity index (χ0n) is 20.1. The molecule has 2 aliphatic heterocycles. The highest BCUT2D eigenvalue weighted by Crippen LogP contribution is 2.28. The van der Waals surface area contributed by atoms with Gasteiger partial charge in [0.05, 0.1) is 38.0 Å². The maximum absolute atomic E-state index is 13.3. The van der Waals surface area contributed by atoms with Crippen LogP contribution >= 0.6 is 0 Å². The third-order valence-corrected chi connectivity index (χ3v) is 6.55. The van der Waals surface area contributed by atoms with Crippen LogP contribution in [0.1, 0.15) is 27.8 Å². The van der Waals surface area contributed by atoms with Crippen LogP contribution in [0.5, 0.6) is 0 Å². The molecular weight excluding hydrogens is 489 g/mol. The van der Waals surface area contributed by atoms with Gasteiger partial charge in [0.2, 0.25) is 5.82 Å². The van der Waals surface area contributed by atoms with E-state index in [2.05, 4.69) is 25.1 Å². The highest BCUT2D eigenvalue weighted by atomic mass is 19.4. The van der Waals surface area contributed by atoms with E-state index in [0.717, 1.165) is 24.3 Å². The molecular formula is C25H27F3N6O3. The van der Waals surface area contributed by atoms with E-state index in [0.29, 0.717) is 56.2 Å².